The van der Waals surface area contributed by atoms with E-state index in [-0.39, 0.29) is 47.3 Å². The lowest BCUT2D eigenvalue weighted by molar-refractivity contribution is -0.124. The second-order valence-corrected chi connectivity index (χ2v) is 45.2. The lowest BCUT2D eigenvalue weighted by Gasteiger charge is -2.29. The number of benzene rings is 7. The fraction of sp³-hybridized carbons (Fsp3) is 0.393. The molecule has 4 aliphatic rings. The van der Waals surface area contributed by atoms with Crippen molar-refractivity contribution in [3.63, 3.8) is 0 Å². The highest BCUT2D eigenvalue weighted by Gasteiger charge is 2.53. The van der Waals surface area contributed by atoms with Gasteiger partial charge in [0.1, 0.15) is 11.5 Å². The zero-order chi connectivity index (χ0) is 97.5. The summed E-state index contributed by atoms with van der Waals surface area (Å²) in [6.45, 7) is 30.3. The van der Waals surface area contributed by atoms with Crippen LogP contribution >= 0.6 is 68.0 Å². The van der Waals surface area contributed by atoms with E-state index < -0.39 is 0 Å². The first-order valence-electron chi connectivity index (χ1n) is 52.6. The standard InChI is InChI=1S/C122H140N6O6S6/c1-13-25-43-81(19-7)75-123-111(101-69-65-97(135-101)87-57-61-93(62-58-87)127(89-49-35-31-36-50-89)90-51-37-32-38-52-90)107-109(121(123)131)113(125(119(107)129)77-83(21-9)45-27-15-3)103-71-67-99(137-103)105-73-95-115(133-79-85(23-11)47-29-17-5)118-96(116(117(95)139-105)134-80-86(24-12)48-30-18-6)74-106(140-118)100-68-72-104(138-100)114-110-108(120(130)126(114)78-84(22-10)46-28-16-4)112(124(122(110)132)76-82(20-8)44-26-14-2)102-70-66-98(136-102)88-59-63-94(64-60-88)128(91-53-39-33-40-54-91)92-55-41-34-42-56-92/h31-42,49-74,81-86H,13-30,43-48,75-80H2,1-12H3. The molecule has 4 aliphatic heterocycles. The van der Waals surface area contributed by atoms with E-state index in [9.17, 15) is 0 Å². The highest BCUT2D eigenvalue weighted by molar-refractivity contribution is 7.28. The number of thiophene rings is 6. The quantitative estimate of drug-likeness (QED) is 0.0371. The van der Waals surface area contributed by atoms with Crippen LogP contribution in [0.15, 0.2) is 253 Å². The SMILES string of the molecule is CCCCC(CC)COc1c2cc(-c3ccc(C4=C5C(=O)N(CC(CC)CCCC)C(c6ccc(-c7ccc(N(c8ccccc8)c8ccccc8)cc7)s6)=C5C(=O)N4CC(CC)CCCC)s3)sc2c(OCC(CC)CCCC)c2cc(-c3ccc(C4=C5C(=O)N(CC(CC)CCCC)C(c6ccc(-c7ccc(N(c8ccccc8)c8ccccc8)cc7)s6)=C5C(=O)N4CC(CC)CCCC)s3)sc12. The number of carbonyl (C=O) groups is 4. The molecule has 6 unspecified atom stereocenters. The van der Waals surface area contributed by atoms with E-state index in [2.05, 4.69) is 323 Å². The van der Waals surface area contributed by atoms with Crippen molar-refractivity contribution in [1.29, 1.82) is 0 Å². The van der Waals surface area contributed by atoms with E-state index in [0.29, 0.717) is 73.5 Å². The van der Waals surface area contributed by atoms with Crippen molar-refractivity contribution < 1.29 is 28.7 Å². The summed E-state index contributed by atoms with van der Waals surface area (Å²) in [4.78, 5) is 88.3. The molecular weight excluding hydrogens is 1840 g/mol. The molecule has 13 aromatic rings. The minimum atomic E-state index is -0.0881. The fourth-order valence-corrected chi connectivity index (χ4v) is 27.6. The fourth-order valence-electron chi connectivity index (χ4n) is 20.8. The highest BCUT2D eigenvalue weighted by Crippen LogP contribution is 2.58. The Balaban J connectivity index is 0.782. The number of carbonyl (C=O) groups excluding carboxylic acids is 4. The van der Waals surface area contributed by atoms with Crippen LogP contribution in [-0.2, 0) is 19.2 Å². The molecule has 6 atom stereocenters. The Kier molecular flexibility index (Phi) is 34.2. The van der Waals surface area contributed by atoms with E-state index in [4.69, 9.17) is 9.47 Å². The van der Waals surface area contributed by atoms with Crippen LogP contribution < -0.4 is 19.3 Å². The lowest BCUT2D eigenvalue weighted by Crippen LogP contribution is -2.34. The van der Waals surface area contributed by atoms with Gasteiger partial charge in [-0.15, -0.1) is 68.0 Å². The van der Waals surface area contributed by atoms with Crippen molar-refractivity contribution in [2.24, 2.45) is 35.5 Å². The summed E-state index contributed by atoms with van der Waals surface area (Å²) in [5, 5.41) is 2.03. The molecule has 0 aliphatic carbocycles. The predicted octanol–water partition coefficient (Wildman–Crippen LogP) is 35.6. The van der Waals surface area contributed by atoms with Gasteiger partial charge >= 0.3 is 0 Å². The van der Waals surface area contributed by atoms with E-state index in [1.165, 1.54) is 0 Å². The summed E-state index contributed by atoms with van der Waals surface area (Å²) in [7, 11) is 0. The number of hydrogen-bond donors (Lipinski definition) is 0. The molecule has 730 valence electrons. The Morgan fingerprint density at radius 1 is 0.250 bits per heavy atom. The minimum Gasteiger partial charge on any atom is -0.491 e. The number of ether oxygens (including phenoxy) is 2. The van der Waals surface area contributed by atoms with Gasteiger partial charge in [-0.2, -0.15) is 0 Å². The largest absolute Gasteiger partial charge is 0.491 e. The zero-order valence-electron chi connectivity index (χ0n) is 84.2. The lowest BCUT2D eigenvalue weighted by atomic mass is 9.98. The van der Waals surface area contributed by atoms with Gasteiger partial charge in [0.05, 0.1) is 87.2 Å². The molecule has 140 heavy (non-hydrogen) atoms. The number of fused-ring (bicyclic) bond motifs is 4. The third kappa shape index (κ3) is 21.5. The van der Waals surface area contributed by atoms with Gasteiger partial charge in [0.25, 0.3) is 23.6 Å². The number of anilines is 6. The molecule has 0 bridgehead atoms. The van der Waals surface area contributed by atoms with Crippen LogP contribution in [0.1, 0.15) is 257 Å². The van der Waals surface area contributed by atoms with Gasteiger partial charge in [0.15, 0.2) is 0 Å². The smallest absolute Gasteiger partial charge is 0.261 e. The predicted molar refractivity (Wildman–Crippen MR) is 598 cm³/mol. The Morgan fingerprint density at radius 3 is 0.729 bits per heavy atom. The Hall–Kier alpha value is -10.7. The van der Waals surface area contributed by atoms with Crippen LogP contribution in [0.2, 0.25) is 0 Å². The summed E-state index contributed by atoms with van der Waals surface area (Å²) in [5.41, 5.74) is 13.6. The molecule has 0 spiro atoms. The molecule has 0 fully saturated rings. The maximum Gasteiger partial charge on any atom is 0.261 e. The average molecular weight is 1980 g/mol. The normalized spacial score (nSPS) is 15.3. The monoisotopic (exact) mass is 1980 g/mol. The van der Waals surface area contributed by atoms with Gasteiger partial charge in [-0.25, -0.2) is 0 Å². The van der Waals surface area contributed by atoms with Gasteiger partial charge in [0, 0.05) is 100 Å². The number of unbranched alkanes of at least 4 members (excludes halogenated alkanes) is 6. The molecule has 0 radical (unpaired) electrons. The molecule has 6 aromatic heterocycles. The first-order chi connectivity index (χ1) is 68.6. The third-order valence-corrected chi connectivity index (χ3v) is 36.5. The highest BCUT2D eigenvalue weighted by atomic mass is 32.1. The molecule has 0 N–H and O–H groups in total. The maximum absolute atomic E-state index is 16.4. The van der Waals surface area contributed by atoms with Crippen LogP contribution in [0.5, 0.6) is 11.5 Å². The first-order valence-corrected chi connectivity index (χ1v) is 57.5. The van der Waals surface area contributed by atoms with E-state index in [1.807, 2.05) is 19.6 Å². The second kappa shape index (κ2) is 47.5. The van der Waals surface area contributed by atoms with Crippen LogP contribution in [0.3, 0.4) is 0 Å². The zero-order valence-corrected chi connectivity index (χ0v) is 89.1. The number of nitrogens with zero attached hydrogens (tertiary/aromatic N) is 6. The van der Waals surface area contributed by atoms with Gasteiger partial charge in [-0.3, -0.25) is 19.2 Å². The van der Waals surface area contributed by atoms with Crippen LogP contribution in [-0.4, -0.2) is 82.6 Å². The molecular formula is C122H140N6O6S6. The van der Waals surface area contributed by atoms with Gasteiger partial charge in [-0.1, -0.05) is 296 Å². The number of para-hydroxylation sites is 4. The topological polar surface area (TPSA) is 106 Å². The summed E-state index contributed by atoms with van der Waals surface area (Å²) in [6.07, 6.45) is 24.6. The van der Waals surface area contributed by atoms with E-state index in [1.54, 1.807) is 68.0 Å². The van der Waals surface area contributed by atoms with Gasteiger partial charge < -0.3 is 38.9 Å². The average Bonchev–Trinajstić information content (AvgIpc) is 1.55. The summed E-state index contributed by atoms with van der Waals surface area (Å²) in [5.74, 6) is 2.96. The van der Waals surface area contributed by atoms with Gasteiger partial charge in [-0.05, 0) is 219 Å². The molecule has 18 heteroatoms. The Morgan fingerprint density at radius 2 is 0.479 bits per heavy atom. The summed E-state index contributed by atoms with van der Waals surface area (Å²) in [6, 6.07) is 81.8. The Bertz CT molecular complexity index is 6020. The molecule has 17 rings (SSSR count). The maximum atomic E-state index is 16.4. The Labute approximate surface area is 856 Å². The summed E-state index contributed by atoms with van der Waals surface area (Å²) < 4.78 is 17.2. The van der Waals surface area contributed by atoms with Crippen molar-refractivity contribution in [1.82, 2.24) is 19.6 Å². The van der Waals surface area contributed by atoms with Crippen LogP contribution in [0, 0.1) is 35.5 Å². The molecule has 0 saturated carbocycles. The molecule has 12 nitrogen and oxygen atoms in total. The van der Waals surface area contributed by atoms with Crippen molar-refractivity contribution >= 4 is 169 Å². The number of amides is 4. The van der Waals surface area contributed by atoms with Crippen molar-refractivity contribution in [3.8, 4) is 51.9 Å². The van der Waals surface area contributed by atoms with Crippen molar-refractivity contribution in [3.05, 3.63) is 272 Å². The van der Waals surface area contributed by atoms with Gasteiger partial charge in [0.2, 0.25) is 0 Å². The third-order valence-electron chi connectivity index (χ3n) is 29.4. The van der Waals surface area contributed by atoms with Crippen LogP contribution in [0.25, 0.3) is 83.4 Å². The van der Waals surface area contributed by atoms with E-state index in [0.717, 1.165) is 303 Å². The number of hydrogen-bond acceptors (Lipinski definition) is 14. The molecule has 4 amide bonds. The minimum absolute atomic E-state index is 0.0881. The number of rotatable bonds is 52. The van der Waals surface area contributed by atoms with Crippen molar-refractivity contribution in [2.45, 2.75) is 237 Å². The first kappa shape index (κ1) is 101. The second-order valence-electron chi connectivity index (χ2n) is 38.8. The molecule has 0 saturated heterocycles. The molecule has 7 aromatic carbocycles. The molecule has 10 heterocycles. The van der Waals surface area contributed by atoms with E-state index >= 15 is 19.2 Å². The summed E-state index contributed by atoms with van der Waals surface area (Å²) >= 11 is 10.2. The van der Waals surface area contributed by atoms with Crippen molar-refractivity contribution in [2.75, 3.05) is 49.2 Å². The van der Waals surface area contributed by atoms with Crippen LogP contribution in [0.4, 0.5) is 34.1 Å².